The highest BCUT2D eigenvalue weighted by Gasteiger charge is 2.24. The highest BCUT2D eigenvalue weighted by Crippen LogP contribution is 2.24. The molecule has 1 aromatic rings. The fraction of sp³-hybridized carbons (Fsp3) is 0.471. The lowest BCUT2D eigenvalue weighted by molar-refractivity contribution is -0.384. The van der Waals surface area contributed by atoms with Gasteiger partial charge in [-0.25, -0.2) is 0 Å². The molecule has 0 radical (unpaired) electrons. The van der Waals surface area contributed by atoms with E-state index in [0.717, 1.165) is 18.5 Å². The molecule has 1 aliphatic heterocycles. The van der Waals surface area contributed by atoms with Crippen molar-refractivity contribution in [2.75, 3.05) is 31.1 Å². The first kappa shape index (κ1) is 15.5. The van der Waals surface area contributed by atoms with Crippen molar-refractivity contribution >= 4 is 17.3 Å². The van der Waals surface area contributed by atoms with Crippen LogP contribution in [-0.4, -0.2) is 41.9 Å². The summed E-state index contributed by atoms with van der Waals surface area (Å²) in [5.41, 5.74) is 0.957. The summed E-state index contributed by atoms with van der Waals surface area (Å²) in [7, 11) is 0. The van der Waals surface area contributed by atoms with E-state index in [1.165, 1.54) is 6.07 Å². The first-order chi connectivity index (χ1) is 11.1. The van der Waals surface area contributed by atoms with Crippen LogP contribution in [0.25, 0.3) is 0 Å². The Morgan fingerprint density at radius 2 is 2.04 bits per heavy atom. The number of anilines is 1. The molecule has 0 saturated carbocycles. The average molecular weight is 315 g/mol. The molecule has 1 aliphatic carbocycles. The molecule has 1 amide bonds. The number of benzene rings is 1. The first-order valence-electron chi connectivity index (χ1n) is 8.07. The van der Waals surface area contributed by atoms with Gasteiger partial charge in [0.05, 0.1) is 4.92 Å². The first-order valence-corrected chi connectivity index (χ1v) is 8.07. The van der Waals surface area contributed by atoms with E-state index in [2.05, 4.69) is 17.1 Å². The number of allylic oxidation sites excluding steroid dienone is 2. The highest BCUT2D eigenvalue weighted by molar-refractivity contribution is 5.77. The third-order valence-electron chi connectivity index (χ3n) is 4.59. The van der Waals surface area contributed by atoms with E-state index in [4.69, 9.17) is 0 Å². The molecule has 1 fully saturated rings. The largest absolute Gasteiger partial charge is 0.368 e. The van der Waals surface area contributed by atoms with Crippen molar-refractivity contribution in [2.45, 2.75) is 19.3 Å². The zero-order valence-electron chi connectivity index (χ0n) is 13.1. The SMILES string of the molecule is O=C(CC1C=CCC1)N1CCN(c2cccc([N+](=O)[O-])c2)CC1. The maximum Gasteiger partial charge on any atom is 0.271 e. The number of amides is 1. The van der Waals surface area contributed by atoms with E-state index in [1.807, 2.05) is 11.0 Å². The summed E-state index contributed by atoms with van der Waals surface area (Å²) in [6.07, 6.45) is 7.07. The van der Waals surface area contributed by atoms with Crippen molar-refractivity contribution in [3.05, 3.63) is 46.5 Å². The molecule has 1 saturated heterocycles. The third kappa shape index (κ3) is 3.70. The van der Waals surface area contributed by atoms with Crippen molar-refractivity contribution in [3.63, 3.8) is 0 Å². The molecule has 6 heteroatoms. The number of nitro groups is 1. The fourth-order valence-electron chi connectivity index (χ4n) is 3.24. The lowest BCUT2D eigenvalue weighted by atomic mass is 10.0. The minimum atomic E-state index is -0.377. The zero-order valence-corrected chi connectivity index (χ0v) is 13.1. The van der Waals surface area contributed by atoms with Crippen LogP contribution in [0.1, 0.15) is 19.3 Å². The summed E-state index contributed by atoms with van der Waals surface area (Å²) < 4.78 is 0. The second kappa shape index (κ2) is 6.81. The van der Waals surface area contributed by atoms with Gasteiger partial charge in [-0.3, -0.25) is 14.9 Å². The molecular formula is C17H21N3O3. The standard InChI is InChI=1S/C17H21N3O3/c21-17(12-14-4-1-2-5-14)19-10-8-18(9-11-19)15-6-3-7-16(13-15)20(22)23/h1,3-4,6-7,13-14H,2,5,8-12H2. The molecule has 23 heavy (non-hydrogen) atoms. The van der Waals surface area contributed by atoms with Crippen LogP contribution < -0.4 is 4.90 Å². The van der Waals surface area contributed by atoms with Gasteiger partial charge in [-0.2, -0.15) is 0 Å². The van der Waals surface area contributed by atoms with Crippen LogP contribution in [0.3, 0.4) is 0 Å². The Balaban J connectivity index is 1.55. The number of carbonyl (C=O) groups is 1. The molecule has 0 N–H and O–H groups in total. The van der Waals surface area contributed by atoms with Crippen LogP contribution in [0.15, 0.2) is 36.4 Å². The molecule has 1 atom stereocenters. The maximum absolute atomic E-state index is 12.3. The zero-order chi connectivity index (χ0) is 16.2. The predicted octanol–water partition coefficient (Wildman–Crippen LogP) is 2.60. The number of non-ortho nitro benzene ring substituents is 1. The van der Waals surface area contributed by atoms with E-state index in [9.17, 15) is 14.9 Å². The molecule has 0 bridgehead atoms. The van der Waals surface area contributed by atoms with Crippen molar-refractivity contribution in [3.8, 4) is 0 Å². The molecule has 0 aromatic heterocycles. The summed E-state index contributed by atoms with van der Waals surface area (Å²) in [6, 6.07) is 6.68. The van der Waals surface area contributed by atoms with Crippen LogP contribution in [-0.2, 0) is 4.79 Å². The van der Waals surface area contributed by atoms with Crippen LogP contribution in [0.5, 0.6) is 0 Å². The van der Waals surface area contributed by atoms with Gasteiger partial charge in [0.1, 0.15) is 0 Å². The lowest BCUT2D eigenvalue weighted by Gasteiger charge is -2.36. The number of rotatable bonds is 4. The normalized spacial score (nSPS) is 20.8. The summed E-state index contributed by atoms with van der Waals surface area (Å²) in [5.74, 6) is 0.623. The average Bonchev–Trinajstić information content (AvgIpc) is 3.08. The predicted molar refractivity (Wildman–Crippen MR) is 88.4 cm³/mol. The second-order valence-corrected chi connectivity index (χ2v) is 6.11. The van der Waals surface area contributed by atoms with Crippen LogP contribution in [0.2, 0.25) is 0 Å². The maximum atomic E-state index is 12.3. The Hall–Kier alpha value is -2.37. The molecule has 2 aliphatic rings. The highest BCUT2D eigenvalue weighted by atomic mass is 16.6. The number of hydrogen-bond donors (Lipinski definition) is 0. The summed E-state index contributed by atoms with van der Waals surface area (Å²) in [6.45, 7) is 2.79. The van der Waals surface area contributed by atoms with Gasteiger partial charge in [0.25, 0.3) is 5.69 Å². The molecular weight excluding hydrogens is 294 g/mol. The van der Waals surface area contributed by atoms with E-state index >= 15 is 0 Å². The van der Waals surface area contributed by atoms with Gasteiger partial charge in [-0.1, -0.05) is 18.2 Å². The third-order valence-corrected chi connectivity index (χ3v) is 4.59. The number of nitrogens with zero attached hydrogens (tertiary/aromatic N) is 3. The van der Waals surface area contributed by atoms with E-state index in [-0.39, 0.29) is 16.5 Å². The van der Waals surface area contributed by atoms with Gasteiger partial charge in [-0.15, -0.1) is 0 Å². The number of hydrogen-bond acceptors (Lipinski definition) is 4. The molecule has 0 spiro atoms. The molecule has 3 rings (SSSR count). The van der Waals surface area contributed by atoms with Crippen molar-refractivity contribution < 1.29 is 9.72 Å². The van der Waals surface area contributed by atoms with Gasteiger partial charge < -0.3 is 9.80 Å². The fourth-order valence-corrected chi connectivity index (χ4v) is 3.24. The van der Waals surface area contributed by atoms with Gasteiger partial charge >= 0.3 is 0 Å². The van der Waals surface area contributed by atoms with Crippen LogP contribution in [0, 0.1) is 16.0 Å². The smallest absolute Gasteiger partial charge is 0.271 e. The van der Waals surface area contributed by atoms with Gasteiger partial charge in [0, 0.05) is 50.4 Å². The minimum Gasteiger partial charge on any atom is -0.368 e. The van der Waals surface area contributed by atoms with Crippen LogP contribution in [0.4, 0.5) is 11.4 Å². The van der Waals surface area contributed by atoms with Crippen LogP contribution >= 0.6 is 0 Å². The Kier molecular flexibility index (Phi) is 4.60. The Labute approximate surface area is 135 Å². The number of nitro benzene ring substituents is 1. The quantitative estimate of drug-likeness (QED) is 0.486. The Morgan fingerprint density at radius 3 is 2.70 bits per heavy atom. The summed E-state index contributed by atoms with van der Waals surface area (Å²) >= 11 is 0. The van der Waals surface area contributed by atoms with Gasteiger partial charge in [0.2, 0.25) is 5.91 Å². The summed E-state index contributed by atoms with van der Waals surface area (Å²) in [5, 5.41) is 10.9. The van der Waals surface area contributed by atoms with Crippen molar-refractivity contribution in [1.29, 1.82) is 0 Å². The molecule has 1 aromatic carbocycles. The Bertz CT molecular complexity index is 621. The number of piperazine rings is 1. The van der Waals surface area contributed by atoms with Gasteiger partial charge in [0.15, 0.2) is 0 Å². The lowest BCUT2D eigenvalue weighted by Crippen LogP contribution is -2.49. The molecule has 1 unspecified atom stereocenters. The summed E-state index contributed by atoms with van der Waals surface area (Å²) in [4.78, 5) is 26.8. The monoisotopic (exact) mass is 315 g/mol. The van der Waals surface area contributed by atoms with Crippen molar-refractivity contribution in [1.82, 2.24) is 4.90 Å². The minimum absolute atomic E-state index is 0.106. The number of carbonyl (C=O) groups excluding carboxylic acids is 1. The topological polar surface area (TPSA) is 66.7 Å². The molecule has 6 nitrogen and oxygen atoms in total. The van der Waals surface area contributed by atoms with Gasteiger partial charge in [-0.05, 0) is 24.8 Å². The van der Waals surface area contributed by atoms with Crippen molar-refractivity contribution in [2.24, 2.45) is 5.92 Å². The second-order valence-electron chi connectivity index (χ2n) is 6.11. The molecule has 122 valence electrons. The van der Waals surface area contributed by atoms with E-state index < -0.39 is 0 Å². The Morgan fingerprint density at radius 1 is 1.26 bits per heavy atom. The van der Waals surface area contributed by atoms with E-state index in [0.29, 0.717) is 38.5 Å². The molecule has 1 heterocycles. The van der Waals surface area contributed by atoms with E-state index in [1.54, 1.807) is 12.1 Å².